The molecule has 0 bridgehead atoms. The monoisotopic (exact) mass is 1350 g/mol. The van der Waals surface area contributed by atoms with Gasteiger partial charge in [-0.05, 0) is 73.5 Å². The maximum absolute atomic E-state index is 12.4. The molecule has 520 valence electrons. The van der Waals surface area contributed by atoms with Crippen LogP contribution >= 0.6 is 0 Å². The number of carbonyl (C=O) groups excluding carboxylic acids is 8. The number of aldehydes is 2. The van der Waals surface area contributed by atoms with Gasteiger partial charge in [-0.2, -0.15) is 0 Å². The highest BCUT2D eigenvalue weighted by Crippen LogP contribution is 2.46. The summed E-state index contributed by atoms with van der Waals surface area (Å²) < 4.78 is 59.2. The molecule has 4 amide bonds. The number of hydrogen-bond donors (Lipinski definition) is 4. The molecule has 0 unspecified atom stereocenters. The van der Waals surface area contributed by atoms with E-state index in [4.69, 9.17) is 57.6 Å². The highest BCUT2D eigenvalue weighted by Gasteiger charge is 2.30. The van der Waals surface area contributed by atoms with Gasteiger partial charge in [-0.25, -0.2) is 19.0 Å². The number of amides is 4. The van der Waals surface area contributed by atoms with Crippen molar-refractivity contribution in [1.82, 2.24) is 40.6 Å². The Morgan fingerprint density at radius 1 is 0.408 bits per heavy atom. The molecule has 28 heteroatoms. The van der Waals surface area contributed by atoms with Gasteiger partial charge in [-0.1, -0.05) is 95.4 Å². The first-order valence-electron chi connectivity index (χ1n) is 32.0. The number of anilines is 2. The molecule has 0 fully saturated rings. The maximum Gasteiger partial charge on any atom is 0.338 e. The molecule has 2 heterocycles. The standard InChI is InChI=1S/C70H82N10O18/c1-3-97-69(87)53(25-31-81)19-13-51-15-21-55(22-16-51)73-63(85)49-71-61(83)27-33-89-37-41-93-45-47-95-43-39-91-35-29-79-67-59-11-7-8-12-60(59)68-66(58-10-6-5-9-57(58)65(67)75-77-79)76-78-80(68)30-36-92-40-44-96-48-46-94-42-38-90-34-28-62(84)72-50-64(86)74-56-23-17-52(18-24-56)14-20-54(26-32-82)70(88)98-4-2/h5-26,31-32H,3-4,27-30,33-50H2,1-2H3,(H,71,83)(H,72,84)(H,73,85)(H,74,86)/b19-13+,20-14+,53-25+,54-26+,65-57?,66-58?,67-59?,68-60?. The van der Waals surface area contributed by atoms with E-state index in [1.54, 1.807) is 74.5 Å². The zero-order valence-electron chi connectivity index (χ0n) is 54.9. The van der Waals surface area contributed by atoms with Gasteiger partial charge in [0.15, 0.2) is 0 Å². The molecule has 4 N–H and O–H groups in total. The van der Waals surface area contributed by atoms with Gasteiger partial charge in [0, 0.05) is 46.5 Å². The van der Waals surface area contributed by atoms with Crippen molar-refractivity contribution >= 4 is 71.7 Å². The average Bonchev–Trinajstić information content (AvgIpc) is 1.53. The van der Waals surface area contributed by atoms with Crippen molar-refractivity contribution in [2.24, 2.45) is 0 Å². The van der Waals surface area contributed by atoms with E-state index in [9.17, 15) is 38.4 Å². The van der Waals surface area contributed by atoms with E-state index in [0.29, 0.717) is 128 Å². The summed E-state index contributed by atoms with van der Waals surface area (Å²) >= 11 is 0. The highest BCUT2D eigenvalue weighted by atomic mass is 16.6. The summed E-state index contributed by atoms with van der Waals surface area (Å²) in [5, 5.41) is 29.1. The van der Waals surface area contributed by atoms with Gasteiger partial charge < -0.3 is 68.6 Å². The number of esters is 2. The molecular weight excluding hydrogens is 1270 g/mol. The lowest BCUT2D eigenvalue weighted by Gasteiger charge is -2.19. The first kappa shape index (κ1) is 75.3. The lowest BCUT2D eigenvalue weighted by molar-refractivity contribution is -0.139. The summed E-state index contributed by atoms with van der Waals surface area (Å²) in [7, 11) is 0. The minimum Gasteiger partial charge on any atom is -0.462 e. The smallest absolute Gasteiger partial charge is 0.338 e. The number of carbonyl (C=O) groups is 8. The minimum atomic E-state index is -0.610. The fourth-order valence-electron chi connectivity index (χ4n) is 9.41. The molecule has 1 aliphatic rings. The Labute approximate surface area is 566 Å². The molecule has 0 saturated heterocycles. The topological polar surface area (TPSA) is 338 Å². The fraction of sp³-hybridized carbons (Fsp3) is 0.371. The van der Waals surface area contributed by atoms with Crippen LogP contribution in [0.4, 0.5) is 11.4 Å². The van der Waals surface area contributed by atoms with E-state index in [0.717, 1.165) is 56.9 Å². The molecule has 6 aromatic rings. The zero-order valence-corrected chi connectivity index (χ0v) is 54.9. The van der Waals surface area contributed by atoms with Crippen LogP contribution in [0.25, 0.3) is 57.2 Å². The molecule has 1 aliphatic carbocycles. The van der Waals surface area contributed by atoms with E-state index in [1.165, 1.54) is 12.2 Å². The van der Waals surface area contributed by atoms with Crippen LogP contribution in [0.5, 0.6) is 0 Å². The second kappa shape index (κ2) is 43.2. The van der Waals surface area contributed by atoms with Crippen LogP contribution in [0.1, 0.15) is 37.8 Å². The SMILES string of the molecule is CCOC(=O)C(/C=C/c1ccc(NC(=O)CNC(=O)CCOCCOCCOCCOCCn2nnc3c2-c2ccccc2-c2c(nnn2CCOCCOCCOCCOCCC(=O)NCC(=O)Nc2ccc(/C=C/C(=C\C=O)C(=O)OCC)cc2)-c2ccccc2-3)cc1)=C/C=O. The summed E-state index contributed by atoms with van der Waals surface area (Å²) in [6, 6.07) is 29.5. The highest BCUT2D eigenvalue weighted by molar-refractivity contribution is 6.00. The summed E-state index contributed by atoms with van der Waals surface area (Å²) in [5.41, 5.74) is 9.34. The van der Waals surface area contributed by atoms with E-state index >= 15 is 0 Å². The number of ether oxygens (including phenoxy) is 10. The molecule has 28 nitrogen and oxygen atoms in total. The molecule has 0 atom stereocenters. The van der Waals surface area contributed by atoms with Crippen molar-refractivity contribution in [3.8, 4) is 45.0 Å². The molecule has 4 aromatic carbocycles. The number of allylic oxidation sites excluding steroid dienone is 2. The quantitative estimate of drug-likeness (QED) is 0.0117. The number of aromatic nitrogens is 6. The van der Waals surface area contributed by atoms with Crippen molar-refractivity contribution in [2.45, 2.75) is 39.8 Å². The molecule has 0 aliphatic heterocycles. The predicted octanol–water partition coefficient (Wildman–Crippen LogP) is 5.68. The Balaban J connectivity index is 0.707. The fourth-order valence-corrected chi connectivity index (χ4v) is 9.41. The summed E-state index contributed by atoms with van der Waals surface area (Å²) in [5.74, 6) is -2.73. The summed E-state index contributed by atoms with van der Waals surface area (Å²) in [6.07, 6.45) is 9.60. The lowest BCUT2D eigenvalue weighted by atomic mass is 9.89. The van der Waals surface area contributed by atoms with E-state index < -0.39 is 23.8 Å². The van der Waals surface area contributed by atoms with Gasteiger partial charge in [0.25, 0.3) is 0 Å². The summed E-state index contributed by atoms with van der Waals surface area (Å²) in [6.45, 7) is 9.04. The third-order valence-corrected chi connectivity index (χ3v) is 14.1. The van der Waals surface area contributed by atoms with Gasteiger partial charge in [0.1, 0.15) is 24.0 Å². The number of benzene rings is 4. The predicted molar refractivity (Wildman–Crippen MR) is 360 cm³/mol. The van der Waals surface area contributed by atoms with E-state index in [1.807, 2.05) is 57.9 Å². The van der Waals surface area contributed by atoms with Gasteiger partial charge >= 0.3 is 11.9 Å². The van der Waals surface area contributed by atoms with Crippen molar-refractivity contribution in [3.63, 3.8) is 0 Å². The molecule has 2 aromatic heterocycles. The number of hydrogen-bond acceptors (Lipinski definition) is 22. The van der Waals surface area contributed by atoms with E-state index in [-0.39, 0.29) is 88.5 Å². The first-order chi connectivity index (χ1) is 48.0. The van der Waals surface area contributed by atoms with Crippen molar-refractivity contribution in [3.05, 3.63) is 144 Å². The van der Waals surface area contributed by atoms with Crippen molar-refractivity contribution in [1.29, 1.82) is 0 Å². The van der Waals surface area contributed by atoms with Crippen LogP contribution in [-0.4, -0.2) is 210 Å². The van der Waals surface area contributed by atoms with Gasteiger partial charge in [0.05, 0.1) is 168 Å². The Hall–Kier alpha value is -10.0. The number of fused-ring (bicyclic) bond motifs is 8. The third kappa shape index (κ3) is 25.5. The van der Waals surface area contributed by atoms with Crippen molar-refractivity contribution in [2.75, 3.05) is 143 Å². The molecule has 98 heavy (non-hydrogen) atoms. The second-order valence-electron chi connectivity index (χ2n) is 21.0. The summed E-state index contributed by atoms with van der Waals surface area (Å²) in [4.78, 5) is 95.2. The van der Waals surface area contributed by atoms with Gasteiger partial charge in [-0.15, -0.1) is 10.2 Å². The zero-order chi connectivity index (χ0) is 69.4. The van der Waals surface area contributed by atoms with Gasteiger partial charge in [-0.3, -0.25) is 28.8 Å². The Bertz CT molecular complexity index is 3440. The maximum atomic E-state index is 12.4. The van der Waals surface area contributed by atoms with Gasteiger partial charge in [0.2, 0.25) is 23.6 Å². The largest absolute Gasteiger partial charge is 0.462 e. The second-order valence-corrected chi connectivity index (χ2v) is 21.0. The Morgan fingerprint density at radius 3 is 1.07 bits per heavy atom. The van der Waals surface area contributed by atoms with Crippen LogP contribution in [0.2, 0.25) is 0 Å². The number of nitrogens with one attached hydrogen (secondary N) is 4. The first-order valence-corrected chi connectivity index (χ1v) is 32.0. The molecule has 0 spiro atoms. The number of nitrogens with zero attached hydrogens (tertiary/aromatic N) is 6. The normalized spacial score (nSPS) is 11.8. The average molecular weight is 1350 g/mol. The molecule has 7 rings (SSSR count). The molecule has 0 saturated carbocycles. The minimum absolute atomic E-state index is 0.0638. The van der Waals surface area contributed by atoms with Crippen molar-refractivity contribution < 1.29 is 85.7 Å². The van der Waals surface area contributed by atoms with Crippen LogP contribution in [0.15, 0.2) is 133 Å². The third-order valence-electron chi connectivity index (χ3n) is 14.1. The Kier molecular flexibility index (Phi) is 33.2. The van der Waals surface area contributed by atoms with Crippen LogP contribution in [0.3, 0.4) is 0 Å². The Morgan fingerprint density at radius 2 is 0.735 bits per heavy atom. The van der Waals surface area contributed by atoms with Crippen LogP contribution in [-0.2, 0) is 98.8 Å². The lowest BCUT2D eigenvalue weighted by Crippen LogP contribution is -2.33. The van der Waals surface area contributed by atoms with Crippen LogP contribution < -0.4 is 21.3 Å². The molecular formula is C70H82N10O18. The van der Waals surface area contributed by atoms with E-state index in [2.05, 4.69) is 31.7 Å². The molecule has 0 radical (unpaired) electrons. The van der Waals surface area contributed by atoms with Crippen LogP contribution in [0, 0.1) is 0 Å². The number of rotatable bonds is 46.